The first-order chi connectivity index (χ1) is 9.17. The average molecular weight is 264 g/mol. The number of amides is 2. The molecule has 1 aliphatic rings. The van der Waals surface area contributed by atoms with Crippen LogP contribution in [0, 0.1) is 0 Å². The van der Waals surface area contributed by atoms with Crippen molar-refractivity contribution in [2.24, 2.45) is 10.9 Å². The molecule has 0 unspecified atom stereocenters. The second-order valence-electron chi connectivity index (χ2n) is 4.28. The molecule has 0 spiro atoms. The second kappa shape index (κ2) is 5.94. The van der Waals surface area contributed by atoms with Gasteiger partial charge in [0, 0.05) is 17.8 Å². The summed E-state index contributed by atoms with van der Waals surface area (Å²) in [6.45, 7) is -0.0196. The third-order valence-electron chi connectivity index (χ3n) is 2.52. The number of nitrogens with two attached hydrogens (primary N) is 1. The van der Waals surface area contributed by atoms with Crippen LogP contribution in [0.25, 0.3) is 0 Å². The summed E-state index contributed by atoms with van der Waals surface area (Å²) in [7, 11) is 0. The molecule has 1 aromatic rings. The summed E-state index contributed by atoms with van der Waals surface area (Å²) in [6.07, 6.45) is 2.08. The number of hydrogen-bond acceptors (Lipinski definition) is 4. The summed E-state index contributed by atoms with van der Waals surface area (Å²) in [5, 5.41) is 16.7. The minimum absolute atomic E-state index is 0.0196. The molecule has 0 aromatic heterocycles. The highest BCUT2D eigenvalue weighted by Crippen LogP contribution is 2.20. The molecule has 2 amide bonds. The Kier molecular flexibility index (Phi) is 4.07. The van der Waals surface area contributed by atoms with Crippen molar-refractivity contribution >= 4 is 17.6 Å². The van der Waals surface area contributed by atoms with E-state index >= 15 is 0 Å². The fraction of sp³-hybridized carbons (Fsp3) is 0.333. The van der Waals surface area contributed by atoms with Crippen molar-refractivity contribution in [1.29, 1.82) is 0 Å². The van der Waals surface area contributed by atoms with Crippen molar-refractivity contribution in [1.82, 2.24) is 5.32 Å². The first kappa shape index (κ1) is 13.0. The van der Waals surface area contributed by atoms with Crippen LogP contribution in [0.4, 0.5) is 10.5 Å². The molecule has 1 fully saturated rings. The maximum absolute atomic E-state index is 11.6. The monoisotopic (exact) mass is 264 g/mol. The lowest BCUT2D eigenvalue weighted by Gasteiger charge is -2.09. The molecule has 19 heavy (non-hydrogen) atoms. The van der Waals surface area contributed by atoms with Gasteiger partial charge in [0.2, 0.25) is 0 Å². The molecule has 1 aromatic carbocycles. The Balaban J connectivity index is 1.88. The van der Waals surface area contributed by atoms with Crippen LogP contribution in [0.3, 0.4) is 0 Å². The number of oxime groups is 1. The zero-order valence-corrected chi connectivity index (χ0v) is 10.3. The Morgan fingerprint density at radius 1 is 1.53 bits per heavy atom. The number of ether oxygens (including phenoxy) is 1. The van der Waals surface area contributed by atoms with Gasteiger partial charge in [-0.3, -0.25) is 0 Å². The number of rotatable bonds is 5. The van der Waals surface area contributed by atoms with Gasteiger partial charge in [-0.1, -0.05) is 11.2 Å². The van der Waals surface area contributed by atoms with Gasteiger partial charge >= 0.3 is 6.03 Å². The van der Waals surface area contributed by atoms with Crippen LogP contribution in [-0.4, -0.2) is 29.7 Å². The number of benzene rings is 1. The number of nitrogens with one attached hydrogen (secondary N) is 2. The van der Waals surface area contributed by atoms with E-state index in [9.17, 15) is 4.79 Å². The van der Waals surface area contributed by atoms with Gasteiger partial charge in [-0.25, -0.2) is 4.79 Å². The van der Waals surface area contributed by atoms with Crippen molar-refractivity contribution in [2.45, 2.75) is 18.9 Å². The lowest BCUT2D eigenvalue weighted by molar-refractivity contribution is 0.251. The molecule has 0 bridgehead atoms. The van der Waals surface area contributed by atoms with E-state index in [1.165, 1.54) is 0 Å². The van der Waals surface area contributed by atoms with E-state index < -0.39 is 0 Å². The topological polar surface area (TPSA) is 109 Å². The lowest BCUT2D eigenvalue weighted by Crippen LogP contribution is -2.30. The fourth-order valence-corrected chi connectivity index (χ4v) is 1.43. The molecular formula is C12H16N4O3. The molecule has 1 saturated carbocycles. The number of carbonyl (C=O) groups is 1. The van der Waals surface area contributed by atoms with E-state index in [1.807, 2.05) is 0 Å². The van der Waals surface area contributed by atoms with Crippen molar-refractivity contribution < 1.29 is 14.7 Å². The third-order valence-corrected chi connectivity index (χ3v) is 2.52. The number of hydrogen-bond donors (Lipinski definition) is 4. The van der Waals surface area contributed by atoms with Gasteiger partial charge in [0.25, 0.3) is 0 Å². The summed E-state index contributed by atoms with van der Waals surface area (Å²) in [4.78, 5) is 11.6. The SMILES string of the molecule is NC(COc1cccc(NC(=O)NC2CC2)c1)=NO. The molecule has 5 N–H and O–H groups in total. The largest absolute Gasteiger partial charge is 0.485 e. The van der Waals surface area contributed by atoms with E-state index in [4.69, 9.17) is 15.7 Å². The Morgan fingerprint density at radius 3 is 3.00 bits per heavy atom. The smallest absolute Gasteiger partial charge is 0.319 e. The molecule has 0 heterocycles. The maximum Gasteiger partial charge on any atom is 0.319 e. The first-order valence-electron chi connectivity index (χ1n) is 5.94. The van der Waals surface area contributed by atoms with E-state index in [1.54, 1.807) is 24.3 Å². The second-order valence-corrected chi connectivity index (χ2v) is 4.28. The highest BCUT2D eigenvalue weighted by Gasteiger charge is 2.23. The molecule has 7 heteroatoms. The van der Waals surface area contributed by atoms with E-state index in [-0.39, 0.29) is 18.5 Å². The quantitative estimate of drug-likeness (QED) is 0.276. The van der Waals surface area contributed by atoms with Gasteiger partial charge < -0.3 is 26.3 Å². The summed E-state index contributed by atoms with van der Waals surface area (Å²) in [5.74, 6) is 0.501. The zero-order chi connectivity index (χ0) is 13.7. The first-order valence-corrected chi connectivity index (χ1v) is 5.94. The molecule has 0 radical (unpaired) electrons. The molecule has 102 valence electrons. The van der Waals surface area contributed by atoms with Crippen LogP contribution in [0.1, 0.15) is 12.8 Å². The zero-order valence-electron chi connectivity index (χ0n) is 10.3. The summed E-state index contributed by atoms with van der Waals surface area (Å²) in [5.41, 5.74) is 5.92. The molecule has 2 rings (SSSR count). The van der Waals surface area contributed by atoms with Crippen LogP contribution in [0.5, 0.6) is 5.75 Å². The third kappa shape index (κ3) is 4.38. The minimum atomic E-state index is -0.226. The Bertz CT molecular complexity index is 486. The van der Waals surface area contributed by atoms with Gasteiger partial charge in [0.1, 0.15) is 12.4 Å². The highest BCUT2D eigenvalue weighted by atomic mass is 16.5. The number of urea groups is 1. The van der Waals surface area contributed by atoms with Crippen molar-refractivity contribution in [3.63, 3.8) is 0 Å². The minimum Gasteiger partial charge on any atom is -0.485 e. The van der Waals surface area contributed by atoms with Crippen LogP contribution < -0.4 is 21.1 Å². The van der Waals surface area contributed by atoms with E-state index in [0.717, 1.165) is 12.8 Å². The number of nitrogens with zero attached hydrogens (tertiary/aromatic N) is 1. The Hall–Kier alpha value is -2.44. The normalized spacial score (nSPS) is 14.8. The van der Waals surface area contributed by atoms with Gasteiger partial charge in [0.05, 0.1) is 0 Å². The van der Waals surface area contributed by atoms with Gasteiger partial charge in [0.15, 0.2) is 5.84 Å². The maximum atomic E-state index is 11.6. The molecule has 1 aliphatic carbocycles. The van der Waals surface area contributed by atoms with Gasteiger partial charge in [-0.2, -0.15) is 0 Å². The predicted octanol–water partition coefficient (Wildman–Crippen LogP) is 1.10. The van der Waals surface area contributed by atoms with Crippen molar-refractivity contribution in [2.75, 3.05) is 11.9 Å². The van der Waals surface area contributed by atoms with Crippen molar-refractivity contribution in [3.05, 3.63) is 24.3 Å². The molecule has 0 aliphatic heterocycles. The van der Waals surface area contributed by atoms with Crippen LogP contribution in [0.15, 0.2) is 29.4 Å². The van der Waals surface area contributed by atoms with Gasteiger partial charge in [-0.05, 0) is 25.0 Å². The standard InChI is InChI=1S/C12H16N4O3/c13-11(16-18)7-19-10-3-1-2-9(6-10)15-12(17)14-8-4-5-8/h1-3,6,8,18H,4-5,7H2,(H2,13,16)(H2,14,15,17). The number of carbonyl (C=O) groups excluding carboxylic acids is 1. The summed E-state index contributed by atoms with van der Waals surface area (Å²) in [6, 6.07) is 6.96. The number of amidine groups is 1. The fourth-order valence-electron chi connectivity index (χ4n) is 1.43. The highest BCUT2D eigenvalue weighted by molar-refractivity contribution is 5.89. The number of anilines is 1. The van der Waals surface area contributed by atoms with Crippen LogP contribution >= 0.6 is 0 Å². The van der Waals surface area contributed by atoms with Crippen LogP contribution in [-0.2, 0) is 0 Å². The van der Waals surface area contributed by atoms with Crippen LogP contribution in [0.2, 0.25) is 0 Å². The molecule has 0 atom stereocenters. The Labute approximate surface area is 110 Å². The molecule has 0 saturated heterocycles. The molecular weight excluding hydrogens is 248 g/mol. The Morgan fingerprint density at radius 2 is 2.32 bits per heavy atom. The summed E-state index contributed by atoms with van der Waals surface area (Å²) < 4.78 is 5.29. The van der Waals surface area contributed by atoms with E-state index in [0.29, 0.717) is 17.5 Å². The molecule has 7 nitrogen and oxygen atoms in total. The lowest BCUT2D eigenvalue weighted by atomic mass is 10.3. The van der Waals surface area contributed by atoms with Crippen molar-refractivity contribution in [3.8, 4) is 5.75 Å². The summed E-state index contributed by atoms with van der Waals surface area (Å²) >= 11 is 0. The predicted molar refractivity (Wildman–Crippen MR) is 70.5 cm³/mol. The van der Waals surface area contributed by atoms with E-state index in [2.05, 4.69) is 15.8 Å². The van der Waals surface area contributed by atoms with Gasteiger partial charge in [-0.15, -0.1) is 0 Å². The average Bonchev–Trinajstić information content (AvgIpc) is 3.20.